The van der Waals surface area contributed by atoms with Crippen molar-refractivity contribution in [3.8, 4) is 0 Å². The fourth-order valence-corrected chi connectivity index (χ4v) is 20.0. The van der Waals surface area contributed by atoms with Gasteiger partial charge in [0, 0.05) is 111 Å². The van der Waals surface area contributed by atoms with Crippen LogP contribution in [-0.2, 0) is 70.6 Å². The van der Waals surface area contributed by atoms with Crippen LogP contribution in [-0.4, -0.2) is 109 Å². The lowest BCUT2D eigenvalue weighted by Crippen LogP contribution is -2.13. The SMILES string of the molecule is CC1CCCCc2ccccc21.CC1CCCc2ccccc21.CC1CCCc2ccccc2C1.CC1CCc2ccccc21.CC1CCc2ccccc2C1.CC1CCc2ccccc2CC1.CC1Cc2ccccc2C1.CN=C1CCCC1.CN=C1CCCC1.CN=C1CCCC1.CN=C1CCCC1.CN=C1CCCN1.CN=C1CCCN1.CN=C1CCCN1. The second kappa shape index (κ2) is 62.0. The molecule has 3 aliphatic heterocycles. The molecule has 692 valence electrons. The number of nitrogens with one attached hydrogen (secondary N) is 3. The van der Waals surface area contributed by atoms with Gasteiger partial charge < -0.3 is 16.0 Å². The Morgan fingerprint density at radius 2 is 0.425 bits per heavy atom. The van der Waals surface area contributed by atoms with Gasteiger partial charge in [-0.25, -0.2) is 0 Å². The van der Waals surface area contributed by atoms with E-state index in [4.69, 9.17) is 0 Å². The van der Waals surface area contributed by atoms with Crippen molar-refractivity contribution in [2.24, 2.45) is 58.6 Å². The van der Waals surface area contributed by atoms with Crippen LogP contribution in [0.1, 0.15) is 356 Å². The van der Waals surface area contributed by atoms with Crippen LogP contribution in [0.5, 0.6) is 0 Å². The van der Waals surface area contributed by atoms with E-state index in [0.29, 0.717) is 0 Å². The Balaban J connectivity index is 0.000000170. The molecule has 4 saturated carbocycles. The molecule has 10 nitrogen and oxygen atoms in total. The van der Waals surface area contributed by atoms with E-state index in [1.165, 1.54) is 304 Å². The number of hydrogen-bond donors (Lipinski definition) is 3. The van der Waals surface area contributed by atoms with Crippen LogP contribution in [0, 0.1) is 23.7 Å². The van der Waals surface area contributed by atoms with Crippen LogP contribution in [0.15, 0.2) is 205 Å². The minimum atomic E-state index is 0.781. The fourth-order valence-electron chi connectivity index (χ4n) is 20.0. The Labute approximate surface area is 775 Å². The zero-order valence-electron chi connectivity index (χ0n) is 82.6. The summed E-state index contributed by atoms with van der Waals surface area (Å²) in [7, 11) is 13.0. The molecule has 21 rings (SSSR count). The second-order valence-electron chi connectivity index (χ2n) is 38.4. The van der Waals surface area contributed by atoms with E-state index in [1.807, 2.05) is 49.3 Å². The maximum absolute atomic E-state index is 4.10. The number of hydrogen-bond acceptors (Lipinski definition) is 7. The highest BCUT2D eigenvalue weighted by atomic mass is 15.0. The van der Waals surface area contributed by atoms with Crippen molar-refractivity contribution in [3.63, 3.8) is 0 Å². The minimum Gasteiger partial charge on any atom is -0.374 e. The van der Waals surface area contributed by atoms with E-state index >= 15 is 0 Å². The second-order valence-corrected chi connectivity index (χ2v) is 38.4. The van der Waals surface area contributed by atoms with Gasteiger partial charge >= 0.3 is 0 Å². The third kappa shape index (κ3) is 39.9. The average molecular weight is 1720 g/mol. The normalized spacial score (nSPS) is 21.9. The monoisotopic (exact) mass is 1720 g/mol. The van der Waals surface area contributed by atoms with Gasteiger partial charge in [-0.1, -0.05) is 231 Å². The summed E-state index contributed by atoms with van der Waals surface area (Å²) in [6.07, 6.45) is 57.6. The zero-order valence-corrected chi connectivity index (χ0v) is 82.6. The molecule has 127 heavy (non-hydrogen) atoms. The lowest BCUT2D eigenvalue weighted by Gasteiger charge is -2.21. The quantitative estimate of drug-likeness (QED) is 0.131. The summed E-state index contributed by atoms with van der Waals surface area (Å²) >= 11 is 0. The largest absolute Gasteiger partial charge is 0.374 e. The van der Waals surface area contributed by atoms with Crippen molar-refractivity contribution in [2.75, 3.05) is 69.0 Å². The van der Waals surface area contributed by atoms with Crippen molar-refractivity contribution in [3.05, 3.63) is 248 Å². The number of amidine groups is 3. The Kier molecular flexibility index (Phi) is 50.8. The van der Waals surface area contributed by atoms with Gasteiger partial charge in [0.05, 0.1) is 17.5 Å². The molecule has 10 heteroatoms. The molecule has 5 atom stereocenters. The van der Waals surface area contributed by atoms with Crippen molar-refractivity contribution < 1.29 is 0 Å². The van der Waals surface area contributed by atoms with Crippen molar-refractivity contribution in [1.29, 1.82) is 0 Å². The van der Waals surface area contributed by atoms with Gasteiger partial charge in [0.2, 0.25) is 0 Å². The average Bonchev–Trinajstić information content (AvgIpc) is 1.82. The zero-order chi connectivity index (χ0) is 90.3. The molecule has 3 heterocycles. The van der Waals surface area contributed by atoms with Gasteiger partial charge in [0.15, 0.2) is 0 Å². The molecule has 3 N–H and O–H groups in total. The van der Waals surface area contributed by atoms with E-state index in [2.05, 4.69) is 269 Å². The molecule has 11 aliphatic carbocycles. The molecule has 0 aromatic heterocycles. The molecule has 0 bridgehead atoms. The van der Waals surface area contributed by atoms with Gasteiger partial charge in [-0.05, 0) is 370 Å². The Bertz CT molecular complexity index is 4090. The maximum atomic E-state index is 4.10. The molecule has 0 amide bonds. The highest BCUT2D eigenvalue weighted by molar-refractivity contribution is 5.87. The molecule has 0 radical (unpaired) electrons. The van der Waals surface area contributed by atoms with Crippen LogP contribution in [0.2, 0.25) is 0 Å². The van der Waals surface area contributed by atoms with Crippen LogP contribution in [0.3, 0.4) is 0 Å². The van der Waals surface area contributed by atoms with Crippen LogP contribution in [0.4, 0.5) is 0 Å². The molecule has 0 spiro atoms. The molecule has 5 unspecified atom stereocenters. The van der Waals surface area contributed by atoms with E-state index in [0.717, 1.165) is 80.3 Å². The highest BCUT2D eigenvalue weighted by Crippen LogP contribution is 2.35. The number of benzene rings is 7. The van der Waals surface area contributed by atoms with Gasteiger partial charge in [-0.2, -0.15) is 0 Å². The number of aliphatic imine (C=N–C) groups is 7. The summed E-state index contributed by atoms with van der Waals surface area (Å²) in [5.74, 6) is 9.44. The topological polar surface area (TPSA) is 123 Å². The number of fused-ring (bicyclic) bond motifs is 7. The van der Waals surface area contributed by atoms with Gasteiger partial charge in [0.1, 0.15) is 0 Å². The van der Waals surface area contributed by atoms with Crippen LogP contribution in [0.25, 0.3) is 0 Å². The molecule has 7 fully saturated rings. The predicted octanol–water partition coefficient (Wildman–Crippen LogP) is 28.7. The third-order valence-electron chi connectivity index (χ3n) is 28.2. The summed E-state index contributed by atoms with van der Waals surface area (Å²) in [4.78, 5) is 28.4. The summed E-state index contributed by atoms with van der Waals surface area (Å²) in [5, 5.41) is 9.47. The van der Waals surface area contributed by atoms with Crippen molar-refractivity contribution in [1.82, 2.24) is 16.0 Å². The first-order chi connectivity index (χ1) is 62.1. The predicted molar refractivity (Wildman–Crippen MR) is 558 cm³/mol. The van der Waals surface area contributed by atoms with Gasteiger partial charge in [0.25, 0.3) is 0 Å². The van der Waals surface area contributed by atoms with E-state index < -0.39 is 0 Å². The molecule has 7 aromatic rings. The van der Waals surface area contributed by atoms with Crippen molar-refractivity contribution in [2.45, 2.75) is 349 Å². The highest BCUT2D eigenvalue weighted by Gasteiger charge is 2.21. The van der Waals surface area contributed by atoms with Gasteiger partial charge in [-0.15, -0.1) is 0 Å². The van der Waals surface area contributed by atoms with Crippen molar-refractivity contribution >= 4 is 40.4 Å². The summed E-state index contributed by atoms with van der Waals surface area (Å²) < 4.78 is 0. The molecule has 3 saturated heterocycles. The fraction of sp³-hybridized carbons (Fsp3) is 0.581. The van der Waals surface area contributed by atoms with E-state index in [9.17, 15) is 0 Å². The van der Waals surface area contributed by atoms with E-state index in [-0.39, 0.29) is 0 Å². The first kappa shape index (κ1) is 104. The van der Waals surface area contributed by atoms with E-state index in [1.54, 1.807) is 77.9 Å². The number of aryl methyl sites for hydroxylation is 7. The standard InChI is InChI=1S/3C12H16.2C11H14.2C10H12.4C6H11N.3C5H10N2/c1-10-5-4-8-11-6-2-3-7-12(11)9-10;1-10-6-2-3-7-11-8-4-5-9-12(10)11;1-10-6-8-11-4-2-3-5-12(11)9-7-10;1-9-5-4-7-10-6-2-3-8-11(9)10;1-9-6-7-10-4-2-3-5-11(10)8-9;1-8-6-9-4-2-3-5-10(9)7-8;1-8-6-7-9-4-2-3-5-10(8)9;4*1-7-6-4-2-3-5-6;3*1-6-5-3-2-4-7-5/h2-3,6-7,10H,4-5,8-9H2,1H3;4-5,8-10H,2-3,6-7H2,1H3;2-5,10H,6-9H2,1H3;2-3,6,8-9H,4-5,7H2,1H3;2-5,9H,6-8H2,1H3;2*2-5,8H,6-7H2,1H3;4*2-5H2,1H3;3*2-4H2,1H3,(H,6,7). The number of rotatable bonds is 0. The molecular formula is C117H174N10. The van der Waals surface area contributed by atoms with Crippen LogP contribution >= 0.6 is 0 Å². The maximum Gasteiger partial charge on any atom is 0.0960 e. The lowest BCUT2D eigenvalue weighted by atomic mass is 9.84. The Hall–Kier alpha value is -8.37. The molecule has 7 aromatic carbocycles. The Morgan fingerprint density at radius 3 is 0.740 bits per heavy atom. The van der Waals surface area contributed by atoms with Crippen LogP contribution < -0.4 is 16.0 Å². The summed E-state index contributed by atoms with van der Waals surface area (Å²) in [6, 6.07) is 61.9. The number of nitrogens with zero attached hydrogens (tertiary/aromatic N) is 7. The molecular weight excluding hydrogens is 1550 g/mol. The summed E-state index contributed by atoms with van der Waals surface area (Å²) in [5.41, 5.74) is 27.8. The third-order valence-corrected chi connectivity index (χ3v) is 28.2. The van der Waals surface area contributed by atoms with Gasteiger partial charge in [-0.3, -0.25) is 34.9 Å². The summed E-state index contributed by atoms with van der Waals surface area (Å²) in [6.45, 7) is 19.7. The Morgan fingerprint density at radius 1 is 0.189 bits per heavy atom. The first-order valence-electron chi connectivity index (χ1n) is 51.0. The smallest absolute Gasteiger partial charge is 0.0960 e. The minimum absolute atomic E-state index is 0.781. The first-order valence-corrected chi connectivity index (χ1v) is 51.0. The molecule has 14 aliphatic rings. The lowest BCUT2D eigenvalue weighted by molar-refractivity contribution is 0.501.